The number of ether oxygens (including phenoxy) is 1. The van der Waals surface area contributed by atoms with E-state index >= 15 is 0 Å². The minimum atomic E-state index is -0.489. The number of halogens is 1. The van der Waals surface area contributed by atoms with Crippen LogP contribution in [-0.2, 0) is 4.74 Å². The van der Waals surface area contributed by atoms with E-state index in [0.29, 0.717) is 18.7 Å². The number of aliphatic hydroxyl groups is 1. The van der Waals surface area contributed by atoms with Crippen LogP contribution in [0.4, 0.5) is 0 Å². The number of morpholine rings is 1. The van der Waals surface area contributed by atoms with Gasteiger partial charge in [0.25, 0.3) is 5.91 Å². The van der Waals surface area contributed by atoms with Gasteiger partial charge in [0.1, 0.15) is 0 Å². The van der Waals surface area contributed by atoms with Crippen LogP contribution in [0.1, 0.15) is 24.2 Å². The molecule has 0 bridgehead atoms. The maximum Gasteiger partial charge on any atom is 0.258 e. The van der Waals surface area contributed by atoms with E-state index in [4.69, 9.17) is 20.8 Å². The Kier molecular flexibility index (Phi) is 3.66. The maximum absolute atomic E-state index is 12.3. The first-order chi connectivity index (χ1) is 8.43. The number of furan rings is 1. The van der Waals surface area contributed by atoms with Gasteiger partial charge in [-0.3, -0.25) is 4.79 Å². The second-order valence-electron chi connectivity index (χ2n) is 4.98. The summed E-state index contributed by atoms with van der Waals surface area (Å²) in [5.41, 5.74) is -0.150. The molecular weight excluding hydrogens is 258 g/mol. The second kappa shape index (κ2) is 4.91. The summed E-state index contributed by atoms with van der Waals surface area (Å²) < 4.78 is 10.6. The zero-order valence-corrected chi connectivity index (χ0v) is 11.1. The fourth-order valence-corrected chi connectivity index (χ4v) is 2.36. The average Bonchev–Trinajstić information content (AvgIpc) is 2.72. The molecule has 0 aliphatic carbocycles. The Bertz CT molecular complexity index is 443. The summed E-state index contributed by atoms with van der Waals surface area (Å²) >= 11 is 5.80. The Balaban J connectivity index is 2.17. The zero-order valence-electron chi connectivity index (χ0n) is 10.4. The van der Waals surface area contributed by atoms with Crippen molar-refractivity contribution in [3.05, 3.63) is 23.1 Å². The highest BCUT2D eigenvalue weighted by molar-refractivity contribution is 6.32. The van der Waals surface area contributed by atoms with Crippen molar-refractivity contribution in [2.45, 2.75) is 25.6 Å². The first-order valence-corrected chi connectivity index (χ1v) is 6.12. The van der Waals surface area contributed by atoms with Crippen LogP contribution >= 0.6 is 11.6 Å². The Morgan fingerprint density at radius 2 is 2.39 bits per heavy atom. The van der Waals surface area contributed by atoms with Gasteiger partial charge in [0.2, 0.25) is 5.22 Å². The van der Waals surface area contributed by atoms with Crippen molar-refractivity contribution in [1.82, 2.24) is 4.90 Å². The molecule has 1 aliphatic heterocycles. The van der Waals surface area contributed by atoms with Crippen LogP contribution in [0.2, 0.25) is 5.22 Å². The molecule has 1 fully saturated rings. The van der Waals surface area contributed by atoms with E-state index in [9.17, 15) is 9.90 Å². The van der Waals surface area contributed by atoms with Gasteiger partial charge in [-0.2, -0.15) is 0 Å². The van der Waals surface area contributed by atoms with Crippen molar-refractivity contribution in [3.63, 3.8) is 0 Å². The highest BCUT2D eigenvalue weighted by atomic mass is 35.5. The van der Waals surface area contributed by atoms with E-state index in [1.54, 1.807) is 11.0 Å². The van der Waals surface area contributed by atoms with Crippen LogP contribution in [0.15, 0.2) is 16.7 Å². The molecule has 1 amide bonds. The molecule has 1 saturated heterocycles. The third-order valence-electron chi connectivity index (χ3n) is 2.82. The topological polar surface area (TPSA) is 62.9 Å². The summed E-state index contributed by atoms with van der Waals surface area (Å²) in [7, 11) is 0. The first kappa shape index (κ1) is 13.4. The van der Waals surface area contributed by atoms with Gasteiger partial charge in [-0.05, 0) is 31.5 Å². The highest BCUT2D eigenvalue weighted by Crippen LogP contribution is 2.25. The van der Waals surface area contributed by atoms with Crippen molar-refractivity contribution < 1.29 is 19.1 Å². The Morgan fingerprint density at radius 1 is 1.67 bits per heavy atom. The smallest absolute Gasteiger partial charge is 0.258 e. The molecule has 0 saturated carbocycles. The van der Waals surface area contributed by atoms with E-state index in [1.165, 1.54) is 6.26 Å². The minimum absolute atomic E-state index is 0.0878. The van der Waals surface area contributed by atoms with Gasteiger partial charge in [-0.15, -0.1) is 0 Å². The number of rotatable bonds is 2. The van der Waals surface area contributed by atoms with E-state index in [1.807, 2.05) is 13.8 Å². The summed E-state index contributed by atoms with van der Waals surface area (Å²) in [6.45, 7) is 4.44. The third kappa shape index (κ3) is 2.68. The maximum atomic E-state index is 12.3. The predicted octanol–water partition coefficient (Wildman–Crippen LogP) is 1.54. The standard InChI is InChI=1S/C12H16ClNO4/c1-12(2)7-14(5-8(6-15)18-12)11(16)9-3-4-17-10(9)13/h3-4,8,15H,5-7H2,1-2H3. The van der Waals surface area contributed by atoms with Crippen LogP contribution in [-0.4, -0.2) is 47.3 Å². The summed E-state index contributed by atoms with van der Waals surface area (Å²) in [6.07, 6.45) is 1.01. The quantitative estimate of drug-likeness (QED) is 0.888. The largest absolute Gasteiger partial charge is 0.452 e. The number of amides is 1. The molecule has 2 heterocycles. The molecule has 2 rings (SSSR count). The predicted molar refractivity (Wildman–Crippen MR) is 65.7 cm³/mol. The van der Waals surface area contributed by atoms with Crippen molar-refractivity contribution in [3.8, 4) is 0 Å². The monoisotopic (exact) mass is 273 g/mol. The van der Waals surface area contributed by atoms with E-state index in [0.717, 1.165) is 0 Å². The third-order valence-corrected chi connectivity index (χ3v) is 3.11. The van der Waals surface area contributed by atoms with Gasteiger partial charge in [0.15, 0.2) is 0 Å². The van der Waals surface area contributed by atoms with Crippen molar-refractivity contribution in [2.24, 2.45) is 0 Å². The van der Waals surface area contributed by atoms with Crippen LogP contribution in [0.3, 0.4) is 0 Å². The molecule has 1 aromatic rings. The SMILES string of the molecule is CC1(C)CN(C(=O)c2ccoc2Cl)CC(CO)O1. The lowest BCUT2D eigenvalue weighted by Crippen LogP contribution is -2.55. The van der Waals surface area contributed by atoms with Crippen LogP contribution < -0.4 is 0 Å². The van der Waals surface area contributed by atoms with Gasteiger partial charge in [0, 0.05) is 13.1 Å². The fourth-order valence-electron chi connectivity index (χ4n) is 2.16. The lowest BCUT2D eigenvalue weighted by Gasteiger charge is -2.42. The summed E-state index contributed by atoms with van der Waals surface area (Å²) in [4.78, 5) is 13.9. The van der Waals surface area contributed by atoms with E-state index in [2.05, 4.69) is 0 Å². The van der Waals surface area contributed by atoms with Gasteiger partial charge in [-0.1, -0.05) is 0 Å². The molecule has 1 aromatic heterocycles. The number of hydrogen-bond donors (Lipinski definition) is 1. The van der Waals surface area contributed by atoms with E-state index < -0.39 is 5.60 Å². The Hall–Kier alpha value is -1.04. The van der Waals surface area contributed by atoms with Crippen LogP contribution in [0.5, 0.6) is 0 Å². The van der Waals surface area contributed by atoms with Crippen LogP contribution in [0, 0.1) is 0 Å². The number of aliphatic hydroxyl groups excluding tert-OH is 1. The first-order valence-electron chi connectivity index (χ1n) is 5.74. The Morgan fingerprint density at radius 3 is 2.94 bits per heavy atom. The number of carbonyl (C=O) groups is 1. The van der Waals surface area contributed by atoms with Crippen molar-refractivity contribution >= 4 is 17.5 Å². The number of nitrogens with zero attached hydrogens (tertiary/aromatic N) is 1. The van der Waals surface area contributed by atoms with E-state index in [-0.39, 0.29) is 23.8 Å². The van der Waals surface area contributed by atoms with Gasteiger partial charge in [0.05, 0.1) is 30.1 Å². The van der Waals surface area contributed by atoms with Gasteiger partial charge in [-0.25, -0.2) is 0 Å². The lowest BCUT2D eigenvalue weighted by atomic mass is 10.0. The lowest BCUT2D eigenvalue weighted by molar-refractivity contribution is -0.139. The molecule has 100 valence electrons. The molecule has 1 unspecified atom stereocenters. The molecule has 18 heavy (non-hydrogen) atoms. The molecule has 1 aliphatic rings. The molecule has 1 N–H and O–H groups in total. The molecule has 1 atom stereocenters. The molecule has 0 aromatic carbocycles. The second-order valence-corrected chi connectivity index (χ2v) is 5.32. The van der Waals surface area contributed by atoms with Crippen LogP contribution in [0.25, 0.3) is 0 Å². The van der Waals surface area contributed by atoms with Gasteiger partial charge >= 0.3 is 0 Å². The van der Waals surface area contributed by atoms with Crippen molar-refractivity contribution in [1.29, 1.82) is 0 Å². The Labute approximate surface area is 110 Å². The fraction of sp³-hybridized carbons (Fsp3) is 0.583. The minimum Gasteiger partial charge on any atom is -0.452 e. The highest BCUT2D eigenvalue weighted by Gasteiger charge is 2.36. The average molecular weight is 274 g/mol. The zero-order chi connectivity index (χ0) is 13.3. The number of hydrogen-bond acceptors (Lipinski definition) is 4. The molecule has 0 radical (unpaired) electrons. The molecule has 6 heteroatoms. The normalized spacial score (nSPS) is 23.1. The molecular formula is C12H16ClNO4. The molecule has 0 spiro atoms. The summed E-state index contributed by atoms with van der Waals surface area (Å²) in [5, 5.41) is 9.29. The molecule has 5 nitrogen and oxygen atoms in total. The summed E-state index contributed by atoms with van der Waals surface area (Å²) in [6, 6.07) is 1.54. The van der Waals surface area contributed by atoms with Crippen molar-refractivity contribution in [2.75, 3.05) is 19.7 Å². The van der Waals surface area contributed by atoms with Gasteiger partial charge < -0.3 is 19.2 Å². The number of carbonyl (C=O) groups excluding carboxylic acids is 1. The summed E-state index contributed by atoms with van der Waals surface area (Å²) in [5.74, 6) is -0.205.